The van der Waals surface area contributed by atoms with Gasteiger partial charge in [0.25, 0.3) is 5.69 Å². The molecule has 0 aromatic heterocycles. The highest BCUT2D eigenvalue weighted by atomic mass is 16.6. The molecule has 0 bridgehead atoms. The molecule has 7 heteroatoms. The summed E-state index contributed by atoms with van der Waals surface area (Å²) >= 11 is 0. The molecule has 3 N–H and O–H groups in total. The van der Waals surface area contributed by atoms with E-state index in [4.69, 9.17) is 10.5 Å². The van der Waals surface area contributed by atoms with Crippen molar-refractivity contribution in [3.05, 3.63) is 39.9 Å². The van der Waals surface area contributed by atoms with Crippen LogP contribution < -0.4 is 11.1 Å². The number of carbonyl (C=O) groups excluding carboxylic acids is 1. The van der Waals surface area contributed by atoms with Crippen molar-refractivity contribution in [1.82, 2.24) is 5.32 Å². The first-order valence-corrected chi connectivity index (χ1v) is 6.34. The molecule has 1 aromatic rings. The SMILES string of the molecule is CC(NC(=O)C1(N)CCOC1)c1cccc([N+](=O)[O-])c1. The Morgan fingerprint density at radius 1 is 1.60 bits per heavy atom. The number of nitrogens with one attached hydrogen (secondary N) is 1. The van der Waals surface area contributed by atoms with E-state index in [1.54, 1.807) is 19.1 Å². The number of non-ortho nitro benzene ring substituents is 1. The lowest BCUT2D eigenvalue weighted by Crippen LogP contribution is -2.54. The van der Waals surface area contributed by atoms with E-state index in [9.17, 15) is 14.9 Å². The number of rotatable bonds is 4. The molecule has 0 radical (unpaired) electrons. The number of ether oxygens (including phenoxy) is 1. The zero-order valence-electron chi connectivity index (χ0n) is 11.2. The molecule has 2 rings (SSSR count). The number of hydrogen-bond donors (Lipinski definition) is 2. The number of hydrogen-bond acceptors (Lipinski definition) is 5. The molecule has 0 saturated carbocycles. The molecule has 7 nitrogen and oxygen atoms in total. The summed E-state index contributed by atoms with van der Waals surface area (Å²) in [4.78, 5) is 22.4. The second kappa shape index (κ2) is 5.56. The summed E-state index contributed by atoms with van der Waals surface area (Å²) in [6.45, 7) is 2.42. The quantitative estimate of drug-likeness (QED) is 0.628. The van der Waals surface area contributed by atoms with Crippen molar-refractivity contribution < 1.29 is 14.5 Å². The summed E-state index contributed by atoms with van der Waals surface area (Å²) < 4.78 is 5.14. The lowest BCUT2D eigenvalue weighted by Gasteiger charge is -2.24. The predicted molar refractivity (Wildman–Crippen MR) is 72.0 cm³/mol. The van der Waals surface area contributed by atoms with Gasteiger partial charge in [-0.05, 0) is 18.9 Å². The average molecular weight is 279 g/mol. The average Bonchev–Trinajstić information content (AvgIpc) is 2.87. The zero-order valence-corrected chi connectivity index (χ0v) is 11.2. The number of carbonyl (C=O) groups is 1. The number of benzene rings is 1. The zero-order chi connectivity index (χ0) is 14.8. The third kappa shape index (κ3) is 2.94. The molecule has 2 unspecified atom stereocenters. The fourth-order valence-electron chi connectivity index (χ4n) is 2.09. The van der Waals surface area contributed by atoms with Crippen LogP contribution in [0.25, 0.3) is 0 Å². The number of amides is 1. The van der Waals surface area contributed by atoms with Crippen LogP contribution in [0.5, 0.6) is 0 Å². The van der Waals surface area contributed by atoms with Crippen molar-refractivity contribution in [3.8, 4) is 0 Å². The van der Waals surface area contributed by atoms with Crippen LogP contribution in [-0.4, -0.2) is 29.6 Å². The Bertz CT molecular complexity index is 526. The molecule has 1 aromatic carbocycles. The van der Waals surface area contributed by atoms with Gasteiger partial charge in [0, 0.05) is 18.7 Å². The minimum atomic E-state index is -1.00. The Morgan fingerprint density at radius 2 is 2.35 bits per heavy atom. The third-order valence-electron chi connectivity index (χ3n) is 3.43. The molecule has 1 heterocycles. The van der Waals surface area contributed by atoms with Crippen LogP contribution in [0.3, 0.4) is 0 Å². The Kier molecular flexibility index (Phi) is 4.01. The standard InChI is InChI=1S/C13H17N3O4/c1-9(10-3-2-4-11(7-10)16(18)19)15-12(17)13(14)5-6-20-8-13/h2-4,7,9H,5-6,8,14H2,1H3,(H,15,17). The van der Waals surface area contributed by atoms with Crippen LogP contribution in [-0.2, 0) is 9.53 Å². The Hall–Kier alpha value is -1.99. The van der Waals surface area contributed by atoms with Gasteiger partial charge in [-0.25, -0.2) is 0 Å². The number of nitrogens with two attached hydrogens (primary N) is 1. The fraction of sp³-hybridized carbons (Fsp3) is 0.462. The molecule has 2 atom stereocenters. The molecule has 1 saturated heterocycles. The first-order chi connectivity index (χ1) is 9.42. The predicted octanol–water partition coefficient (Wildman–Crippen LogP) is 0.890. The van der Waals surface area contributed by atoms with Crippen LogP contribution in [0.1, 0.15) is 24.9 Å². The van der Waals surface area contributed by atoms with Crippen molar-refractivity contribution in [2.24, 2.45) is 5.73 Å². The first-order valence-electron chi connectivity index (χ1n) is 6.34. The molecule has 1 aliphatic heterocycles. The second-order valence-corrected chi connectivity index (χ2v) is 5.01. The van der Waals surface area contributed by atoms with E-state index in [2.05, 4.69) is 5.32 Å². The van der Waals surface area contributed by atoms with Crippen LogP contribution >= 0.6 is 0 Å². The Morgan fingerprint density at radius 3 is 2.95 bits per heavy atom. The summed E-state index contributed by atoms with van der Waals surface area (Å²) in [6.07, 6.45) is 0.473. The summed E-state index contributed by atoms with van der Waals surface area (Å²) in [7, 11) is 0. The van der Waals surface area contributed by atoms with E-state index < -0.39 is 10.5 Å². The van der Waals surface area contributed by atoms with Crippen LogP contribution in [0.4, 0.5) is 5.69 Å². The highest BCUT2D eigenvalue weighted by Gasteiger charge is 2.38. The maximum absolute atomic E-state index is 12.1. The molecule has 1 amide bonds. The van der Waals surface area contributed by atoms with Gasteiger partial charge in [-0.1, -0.05) is 12.1 Å². The highest BCUT2D eigenvalue weighted by Crippen LogP contribution is 2.21. The third-order valence-corrected chi connectivity index (χ3v) is 3.43. The van der Waals surface area contributed by atoms with Crippen molar-refractivity contribution in [3.63, 3.8) is 0 Å². The number of nitrogens with zero attached hydrogens (tertiary/aromatic N) is 1. The second-order valence-electron chi connectivity index (χ2n) is 5.01. The van der Waals surface area contributed by atoms with Gasteiger partial charge in [0.1, 0.15) is 5.54 Å². The normalized spacial score (nSPS) is 23.3. The van der Waals surface area contributed by atoms with Crippen molar-refractivity contribution in [2.45, 2.75) is 24.9 Å². The summed E-state index contributed by atoms with van der Waals surface area (Å²) in [5, 5.41) is 13.5. The summed E-state index contributed by atoms with van der Waals surface area (Å²) in [5.41, 5.74) is 5.61. The van der Waals surface area contributed by atoms with E-state index in [1.807, 2.05) is 0 Å². The Labute approximate surface area is 116 Å². The molecule has 108 valence electrons. The topological polar surface area (TPSA) is 107 Å². The molecule has 0 spiro atoms. The van der Waals surface area contributed by atoms with E-state index in [0.717, 1.165) is 0 Å². The Balaban J connectivity index is 2.08. The first kappa shape index (κ1) is 14.4. The molecule has 1 aliphatic rings. The maximum atomic E-state index is 12.1. The lowest BCUT2D eigenvalue weighted by molar-refractivity contribution is -0.384. The van der Waals surface area contributed by atoms with E-state index in [1.165, 1.54) is 12.1 Å². The van der Waals surface area contributed by atoms with E-state index in [0.29, 0.717) is 18.6 Å². The largest absolute Gasteiger partial charge is 0.379 e. The van der Waals surface area contributed by atoms with Crippen molar-refractivity contribution in [2.75, 3.05) is 13.2 Å². The molecule has 0 aliphatic carbocycles. The van der Waals surface area contributed by atoms with Gasteiger partial charge in [0.05, 0.1) is 17.6 Å². The van der Waals surface area contributed by atoms with Crippen molar-refractivity contribution in [1.29, 1.82) is 0 Å². The van der Waals surface area contributed by atoms with E-state index >= 15 is 0 Å². The van der Waals surface area contributed by atoms with Crippen LogP contribution in [0, 0.1) is 10.1 Å². The highest BCUT2D eigenvalue weighted by molar-refractivity contribution is 5.86. The monoisotopic (exact) mass is 279 g/mol. The summed E-state index contributed by atoms with van der Waals surface area (Å²) in [5.74, 6) is -0.297. The minimum Gasteiger partial charge on any atom is -0.379 e. The van der Waals surface area contributed by atoms with Crippen molar-refractivity contribution >= 4 is 11.6 Å². The van der Waals surface area contributed by atoms with Gasteiger partial charge in [-0.3, -0.25) is 14.9 Å². The lowest BCUT2D eigenvalue weighted by atomic mass is 9.98. The van der Waals surface area contributed by atoms with Gasteiger partial charge >= 0.3 is 0 Å². The molecular weight excluding hydrogens is 262 g/mol. The molecule has 1 fully saturated rings. The van der Waals surface area contributed by atoms with Gasteiger partial charge in [0.2, 0.25) is 5.91 Å². The fourth-order valence-corrected chi connectivity index (χ4v) is 2.09. The number of nitro groups is 1. The summed E-state index contributed by atoms with van der Waals surface area (Å²) in [6, 6.07) is 5.81. The van der Waals surface area contributed by atoms with Crippen LogP contribution in [0.15, 0.2) is 24.3 Å². The van der Waals surface area contributed by atoms with Crippen LogP contribution in [0.2, 0.25) is 0 Å². The van der Waals surface area contributed by atoms with Gasteiger partial charge in [0.15, 0.2) is 0 Å². The minimum absolute atomic E-state index is 0.00439. The molecule has 20 heavy (non-hydrogen) atoms. The van der Waals surface area contributed by atoms with Gasteiger partial charge in [-0.2, -0.15) is 0 Å². The number of nitro benzene ring substituents is 1. The molecular formula is C13H17N3O4. The smallest absolute Gasteiger partial charge is 0.269 e. The van der Waals surface area contributed by atoms with Gasteiger partial charge < -0.3 is 15.8 Å². The maximum Gasteiger partial charge on any atom is 0.269 e. The van der Waals surface area contributed by atoms with E-state index in [-0.39, 0.29) is 24.2 Å². The van der Waals surface area contributed by atoms with Gasteiger partial charge in [-0.15, -0.1) is 0 Å².